The lowest BCUT2D eigenvalue weighted by Crippen LogP contribution is -2.30. The molecule has 2 atom stereocenters. The van der Waals surface area contributed by atoms with Crippen molar-refractivity contribution in [2.75, 3.05) is 18.2 Å². The van der Waals surface area contributed by atoms with Crippen LogP contribution < -0.4 is 5.32 Å². The van der Waals surface area contributed by atoms with E-state index in [0.717, 1.165) is 12.1 Å². The highest BCUT2D eigenvalue weighted by Gasteiger charge is 2.30. The van der Waals surface area contributed by atoms with E-state index in [9.17, 15) is 13.2 Å². The van der Waals surface area contributed by atoms with Crippen molar-refractivity contribution in [2.24, 2.45) is 0 Å². The molecule has 1 aromatic carbocycles. The number of anilines is 1. The van der Waals surface area contributed by atoms with E-state index in [4.69, 9.17) is 5.11 Å². The van der Waals surface area contributed by atoms with Gasteiger partial charge in [0.15, 0.2) is 0 Å². The van der Waals surface area contributed by atoms with Crippen LogP contribution in [0.5, 0.6) is 0 Å². The van der Waals surface area contributed by atoms with Crippen LogP contribution in [0.2, 0.25) is 0 Å². The second kappa shape index (κ2) is 6.33. The summed E-state index contributed by atoms with van der Waals surface area (Å²) in [4.78, 5) is 0. The minimum Gasteiger partial charge on any atom is -0.395 e. The molecule has 1 aromatic rings. The van der Waals surface area contributed by atoms with Crippen molar-refractivity contribution in [2.45, 2.75) is 24.4 Å². The third-order valence-corrected chi connectivity index (χ3v) is 3.81. The second-order valence-corrected chi connectivity index (χ2v) is 5.04. The van der Waals surface area contributed by atoms with Crippen molar-refractivity contribution >= 4 is 17.4 Å². The maximum Gasteiger partial charge on any atom is 0.416 e. The fraction of sp³-hybridized carbons (Fsp3) is 0.500. The summed E-state index contributed by atoms with van der Waals surface area (Å²) in [7, 11) is 0. The number of thioether (sulfide) groups is 1. The van der Waals surface area contributed by atoms with Crippen molar-refractivity contribution < 1.29 is 18.3 Å². The molecule has 0 heterocycles. The van der Waals surface area contributed by atoms with E-state index in [2.05, 4.69) is 5.32 Å². The van der Waals surface area contributed by atoms with Crippen molar-refractivity contribution in [1.29, 1.82) is 0 Å². The lowest BCUT2D eigenvalue weighted by atomic mass is 10.1. The highest BCUT2D eigenvalue weighted by atomic mass is 32.2. The molecule has 0 saturated heterocycles. The van der Waals surface area contributed by atoms with E-state index >= 15 is 0 Å². The van der Waals surface area contributed by atoms with Crippen molar-refractivity contribution in [3.05, 3.63) is 29.8 Å². The first-order chi connectivity index (χ1) is 8.38. The van der Waals surface area contributed by atoms with Gasteiger partial charge in [-0.05, 0) is 37.4 Å². The van der Waals surface area contributed by atoms with E-state index in [1.807, 2.05) is 13.2 Å². The molecule has 0 amide bonds. The lowest BCUT2D eigenvalue weighted by molar-refractivity contribution is -0.137. The van der Waals surface area contributed by atoms with Gasteiger partial charge in [0.25, 0.3) is 0 Å². The first-order valence-corrected chi connectivity index (χ1v) is 6.74. The van der Waals surface area contributed by atoms with Gasteiger partial charge in [-0.1, -0.05) is 0 Å². The molecule has 102 valence electrons. The SMILES string of the molecule is CSC(CO)C(C)Nc1ccc(C(F)(F)F)cc1. The molecule has 18 heavy (non-hydrogen) atoms. The molecule has 2 N–H and O–H groups in total. The lowest BCUT2D eigenvalue weighted by Gasteiger charge is -2.22. The van der Waals surface area contributed by atoms with Gasteiger partial charge in [-0.2, -0.15) is 24.9 Å². The monoisotopic (exact) mass is 279 g/mol. The van der Waals surface area contributed by atoms with Crippen LogP contribution in [0.4, 0.5) is 18.9 Å². The zero-order valence-corrected chi connectivity index (χ0v) is 11.0. The van der Waals surface area contributed by atoms with Crippen LogP contribution in [-0.4, -0.2) is 29.3 Å². The van der Waals surface area contributed by atoms with E-state index in [1.54, 1.807) is 0 Å². The summed E-state index contributed by atoms with van der Waals surface area (Å²) < 4.78 is 37.1. The molecule has 6 heteroatoms. The predicted molar refractivity (Wildman–Crippen MR) is 68.9 cm³/mol. The fourth-order valence-corrected chi connectivity index (χ4v) is 2.17. The van der Waals surface area contributed by atoms with Gasteiger partial charge in [-0.15, -0.1) is 0 Å². The maximum atomic E-state index is 12.4. The van der Waals surface area contributed by atoms with Gasteiger partial charge in [-0.3, -0.25) is 0 Å². The maximum absolute atomic E-state index is 12.4. The van der Waals surface area contributed by atoms with Gasteiger partial charge in [0.2, 0.25) is 0 Å². The second-order valence-electron chi connectivity index (χ2n) is 3.96. The number of rotatable bonds is 5. The molecule has 0 bridgehead atoms. The number of hydrogen-bond acceptors (Lipinski definition) is 3. The minimum absolute atomic E-state index is 0.00675. The van der Waals surface area contributed by atoms with Crippen LogP contribution in [0.15, 0.2) is 24.3 Å². The summed E-state index contributed by atoms with van der Waals surface area (Å²) in [5.41, 5.74) is -0.0488. The normalized spacial score (nSPS) is 15.2. The van der Waals surface area contributed by atoms with Crippen molar-refractivity contribution in [1.82, 2.24) is 0 Å². The molecular formula is C12H16F3NOS. The molecule has 2 unspecified atom stereocenters. The Labute approximate surface area is 109 Å². The van der Waals surface area contributed by atoms with Crippen molar-refractivity contribution in [3.63, 3.8) is 0 Å². The van der Waals surface area contributed by atoms with Crippen LogP contribution in [-0.2, 0) is 6.18 Å². The summed E-state index contributed by atoms with van der Waals surface area (Å²) in [6, 6.07) is 4.86. The van der Waals surface area contributed by atoms with Gasteiger partial charge < -0.3 is 10.4 Å². The van der Waals surface area contributed by atoms with E-state index < -0.39 is 11.7 Å². The number of benzene rings is 1. The van der Waals surface area contributed by atoms with Gasteiger partial charge >= 0.3 is 6.18 Å². The first kappa shape index (κ1) is 15.2. The van der Waals surface area contributed by atoms with E-state index in [0.29, 0.717) is 5.69 Å². The summed E-state index contributed by atoms with van der Waals surface area (Å²) in [5.74, 6) is 0. The van der Waals surface area contributed by atoms with Crippen LogP contribution >= 0.6 is 11.8 Å². The molecule has 0 spiro atoms. The third kappa shape index (κ3) is 4.10. The molecule has 0 aliphatic heterocycles. The zero-order chi connectivity index (χ0) is 13.8. The number of aliphatic hydroxyl groups excluding tert-OH is 1. The topological polar surface area (TPSA) is 32.3 Å². The highest BCUT2D eigenvalue weighted by Crippen LogP contribution is 2.30. The van der Waals surface area contributed by atoms with E-state index in [-0.39, 0.29) is 17.9 Å². The number of halogens is 3. The van der Waals surface area contributed by atoms with Crippen LogP contribution in [0.25, 0.3) is 0 Å². The zero-order valence-electron chi connectivity index (χ0n) is 10.2. The van der Waals surface area contributed by atoms with Crippen molar-refractivity contribution in [3.8, 4) is 0 Å². The Kier molecular flexibility index (Phi) is 5.34. The Morgan fingerprint density at radius 3 is 2.22 bits per heavy atom. The van der Waals surface area contributed by atoms with Gasteiger partial charge in [-0.25, -0.2) is 0 Å². The Hall–Kier alpha value is -0.880. The van der Waals surface area contributed by atoms with Gasteiger partial charge in [0.1, 0.15) is 0 Å². The molecule has 0 saturated carbocycles. The quantitative estimate of drug-likeness (QED) is 0.868. The molecule has 0 aromatic heterocycles. The summed E-state index contributed by atoms with van der Waals surface area (Å²) >= 11 is 1.51. The molecule has 2 nitrogen and oxygen atoms in total. The number of hydrogen-bond donors (Lipinski definition) is 2. The summed E-state index contributed by atoms with van der Waals surface area (Å²) in [5, 5.41) is 12.2. The molecular weight excluding hydrogens is 263 g/mol. The van der Waals surface area contributed by atoms with Crippen LogP contribution in [0.3, 0.4) is 0 Å². The summed E-state index contributed by atoms with van der Waals surface area (Å²) in [6.45, 7) is 1.91. The first-order valence-electron chi connectivity index (χ1n) is 5.46. The Morgan fingerprint density at radius 1 is 1.28 bits per heavy atom. The average molecular weight is 279 g/mol. The van der Waals surface area contributed by atoms with Gasteiger partial charge in [0.05, 0.1) is 12.2 Å². The highest BCUT2D eigenvalue weighted by molar-refractivity contribution is 7.99. The number of aliphatic hydroxyl groups is 1. The van der Waals surface area contributed by atoms with Gasteiger partial charge in [0, 0.05) is 17.0 Å². The Morgan fingerprint density at radius 2 is 1.83 bits per heavy atom. The fourth-order valence-electron chi connectivity index (χ4n) is 1.55. The number of alkyl halides is 3. The molecule has 0 fully saturated rings. The third-order valence-electron chi connectivity index (χ3n) is 2.65. The minimum atomic E-state index is -4.31. The molecule has 1 rings (SSSR count). The van der Waals surface area contributed by atoms with Crippen LogP contribution in [0, 0.1) is 0 Å². The van der Waals surface area contributed by atoms with Crippen LogP contribution in [0.1, 0.15) is 12.5 Å². The smallest absolute Gasteiger partial charge is 0.395 e. The molecule has 0 radical (unpaired) electrons. The standard InChI is InChI=1S/C12H16F3NOS/c1-8(11(7-17)18-2)16-10-5-3-9(4-6-10)12(13,14)15/h3-6,8,11,16-17H,7H2,1-2H3. The average Bonchev–Trinajstić information content (AvgIpc) is 2.30. The summed E-state index contributed by atoms with van der Waals surface area (Å²) in [6.07, 6.45) is -2.43. The molecule has 0 aliphatic rings. The van der Waals surface area contributed by atoms with E-state index in [1.165, 1.54) is 23.9 Å². The largest absolute Gasteiger partial charge is 0.416 e. The number of nitrogens with one attached hydrogen (secondary N) is 1. The molecule has 0 aliphatic carbocycles. The Bertz CT molecular complexity index is 363. The predicted octanol–water partition coefficient (Wildman–Crippen LogP) is 3.23. The Balaban J connectivity index is 2.69.